The first-order chi connectivity index (χ1) is 14.6. The van der Waals surface area contributed by atoms with E-state index < -0.39 is 10.1 Å². The topological polar surface area (TPSA) is 139 Å². The first kappa shape index (κ1) is 21.1. The van der Waals surface area contributed by atoms with E-state index in [1.54, 1.807) is 18.2 Å². The number of anilines is 2. The SMILES string of the molecule is CC(C)(N)CNc1ccc(S(=O)(=O)Oc2ccc3nc(NC(=O)C4CC4)[nH]c3c2)cc1. The lowest BCUT2D eigenvalue weighted by Crippen LogP contribution is -2.39. The van der Waals surface area contributed by atoms with Gasteiger partial charge in [0.05, 0.1) is 11.0 Å². The molecule has 0 bridgehead atoms. The number of carbonyl (C=O) groups is 1. The Morgan fingerprint density at radius 1 is 1.23 bits per heavy atom. The van der Waals surface area contributed by atoms with Gasteiger partial charge in [0.15, 0.2) is 0 Å². The highest BCUT2D eigenvalue weighted by Gasteiger charge is 2.30. The molecule has 1 heterocycles. The Bertz CT molecular complexity index is 1210. The molecule has 4 rings (SSSR count). The maximum absolute atomic E-state index is 12.7. The van der Waals surface area contributed by atoms with Crippen LogP contribution in [0.3, 0.4) is 0 Å². The van der Waals surface area contributed by atoms with E-state index >= 15 is 0 Å². The summed E-state index contributed by atoms with van der Waals surface area (Å²) in [4.78, 5) is 19.2. The smallest absolute Gasteiger partial charge is 0.339 e. The molecule has 0 atom stereocenters. The number of aromatic amines is 1. The Labute approximate surface area is 180 Å². The molecule has 1 amide bonds. The average Bonchev–Trinajstić information content (AvgIpc) is 3.47. The molecule has 1 saturated carbocycles. The maximum atomic E-state index is 12.7. The molecule has 5 N–H and O–H groups in total. The Balaban J connectivity index is 1.46. The van der Waals surface area contributed by atoms with Crippen LogP contribution >= 0.6 is 0 Å². The molecule has 9 nitrogen and oxygen atoms in total. The molecule has 10 heteroatoms. The highest BCUT2D eigenvalue weighted by Crippen LogP contribution is 2.30. The Kier molecular flexibility index (Phi) is 5.36. The number of imidazole rings is 1. The number of H-pyrrole nitrogens is 1. The molecule has 0 aliphatic heterocycles. The number of nitrogens with two attached hydrogens (primary N) is 1. The van der Waals surface area contributed by atoms with E-state index in [2.05, 4.69) is 20.6 Å². The van der Waals surface area contributed by atoms with Gasteiger partial charge in [0.25, 0.3) is 0 Å². The van der Waals surface area contributed by atoms with Crippen molar-refractivity contribution in [2.45, 2.75) is 37.1 Å². The Morgan fingerprint density at radius 2 is 1.94 bits per heavy atom. The van der Waals surface area contributed by atoms with Crippen molar-refractivity contribution >= 4 is 38.7 Å². The quantitative estimate of drug-likeness (QED) is 0.393. The van der Waals surface area contributed by atoms with Crippen LogP contribution in [-0.2, 0) is 14.9 Å². The zero-order valence-electron chi connectivity index (χ0n) is 17.3. The number of fused-ring (bicyclic) bond motifs is 1. The van der Waals surface area contributed by atoms with Crippen LogP contribution < -0.4 is 20.6 Å². The van der Waals surface area contributed by atoms with E-state index in [4.69, 9.17) is 9.92 Å². The van der Waals surface area contributed by atoms with Crippen molar-refractivity contribution in [2.75, 3.05) is 17.2 Å². The monoisotopic (exact) mass is 443 g/mol. The first-order valence-electron chi connectivity index (χ1n) is 9.97. The van der Waals surface area contributed by atoms with Crippen LogP contribution in [0, 0.1) is 5.92 Å². The van der Waals surface area contributed by atoms with Crippen molar-refractivity contribution in [3.8, 4) is 5.75 Å². The number of aromatic nitrogens is 2. The fourth-order valence-corrected chi connectivity index (χ4v) is 3.83. The summed E-state index contributed by atoms with van der Waals surface area (Å²) in [7, 11) is -4.01. The van der Waals surface area contributed by atoms with Crippen LogP contribution in [0.25, 0.3) is 11.0 Å². The van der Waals surface area contributed by atoms with Crippen LogP contribution in [0.5, 0.6) is 5.75 Å². The van der Waals surface area contributed by atoms with Gasteiger partial charge in [-0.05, 0) is 63.1 Å². The Morgan fingerprint density at radius 3 is 2.58 bits per heavy atom. The van der Waals surface area contributed by atoms with Gasteiger partial charge in [0.2, 0.25) is 11.9 Å². The number of hydrogen-bond donors (Lipinski definition) is 4. The minimum Gasteiger partial charge on any atom is -0.383 e. The van der Waals surface area contributed by atoms with Gasteiger partial charge in [-0.25, -0.2) is 4.98 Å². The molecule has 1 fully saturated rings. The summed E-state index contributed by atoms with van der Waals surface area (Å²) in [5.74, 6) is 0.464. The summed E-state index contributed by atoms with van der Waals surface area (Å²) in [6.45, 7) is 4.34. The number of nitrogens with one attached hydrogen (secondary N) is 3. The van der Waals surface area contributed by atoms with Gasteiger partial charge in [0, 0.05) is 29.8 Å². The van der Waals surface area contributed by atoms with E-state index in [9.17, 15) is 13.2 Å². The predicted octanol–water partition coefficient (Wildman–Crippen LogP) is 2.83. The number of hydrogen-bond acceptors (Lipinski definition) is 7. The van der Waals surface area contributed by atoms with E-state index in [1.807, 2.05) is 13.8 Å². The molecule has 0 saturated heterocycles. The number of nitrogens with zero attached hydrogens (tertiary/aromatic N) is 1. The fraction of sp³-hybridized carbons (Fsp3) is 0.333. The molecule has 0 spiro atoms. The van der Waals surface area contributed by atoms with Gasteiger partial charge >= 0.3 is 10.1 Å². The maximum Gasteiger partial charge on any atom is 0.339 e. The molecule has 0 radical (unpaired) electrons. The summed E-state index contributed by atoms with van der Waals surface area (Å²) >= 11 is 0. The third kappa shape index (κ3) is 5.33. The molecular formula is C21H25N5O4S. The van der Waals surface area contributed by atoms with Crippen molar-refractivity contribution < 1.29 is 17.4 Å². The van der Waals surface area contributed by atoms with E-state index in [-0.39, 0.29) is 28.0 Å². The van der Waals surface area contributed by atoms with Crippen LogP contribution in [-0.4, -0.2) is 36.4 Å². The van der Waals surface area contributed by atoms with Crippen molar-refractivity contribution in [2.24, 2.45) is 11.7 Å². The minimum atomic E-state index is -4.01. The zero-order chi connectivity index (χ0) is 22.2. The number of carbonyl (C=O) groups excluding carboxylic acids is 1. The highest BCUT2D eigenvalue weighted by atomic mass is 32.2. The fourth-order valence-electron chi connectivity index (χ4n) is 2.91. The lowest BCUT2D eigenvalue weighted by Gasteiger charge is -2.19. The molecule has 0 unspecified atom stereocenters. The molecular weight excluding hydrogens is 418 g/mol. The van der Waals surface area contributed by atoms with E-state index in [1.165, 1.54) is 24.3 Å². The van der Waals surface area contributed by atoms with Crippen molar-refractivity contribution in [1.82, 2.24) is 9.97 Å². The number of rotatable bonds is 8. The summed E-state index contributed by atoms with van der Waals surface area (Å²) in [6, 6.07) is 11.0. The van der Waals surface area contributed by atoms with Crippen LogP contribution in [0.1, 0.15) is 26.7 Å². The lowest BCUT2D eigenvalue weighted by molar-refractivity contribution is -0.117. The second-order valence-corrected chi connectivity index (χ2v) is 9.98. The van der Waals surface area contributed by atoms with Crippen LogP contribution in [0.2, 0.25) is 0 Å². The summed E-state index contributed by atoms with van der Waals surface area (Å²) in [5.41, 5.74) is 7.46. The lowest BCUT2D eigenvalue weighted by atomic mass is 10.1. The van der Waals surface area contributed by atoms with Crippen molar-refractivity contribution in [3.05, 3.63) is 42.5 Å². The van der Waals surface area contributed by atoms with E-state index in [0.717, 1.165) is 18.5 Å². The second kappa shape index (κ2) is 7.86. The number of amides is 1. The van der Waals surface area contributed by atoms with Crippen LogP contribution in [0.4, 0.5) is 11.6 Å². The minimum absolute atomic E-state index is 0.0344. The van der Waals surface area contributed by atoms with Crippen LogP contribution in [0.15, 0.2) is 47.4 Å². The van der Waals surface area contributed by atoms with Gasteiger partial charge in [-0.15, -0.1) is 0 Å². The normalized spacial score (nSPS) is 14.4. The average molecular weight is 444 g/mol. The summed E-state index contributed by atoms with van der Waals surface area (Å²) in [6.07, 6.45) is 1.79. The van der Waals surface area contributed by atoms with Crippen molar-refractivity contribution in [1.29, 1.82) is 0 Å². The molecule has 1 aromatic heterocycles. The third-order valence-corrected chi connectivity index (χ3v) is 6.00. The highest BCUT2D eigenvalue weighted by molar-refractivity contribution is 7.87. The van der Waals surface area contributed by atoms with E-state index in [0.29, 0.717) is 23.5 Å². The first-order valence-corrected chi connectivity index (χ1v) is 11.4. The molecule has 31 heavy (non-hydrogen) atoms. The van der Waals surface area contributed by atoms with Gasteiger partial charge in [-0.1, -0.05) is 0 Å². The molecule has 3 aromatic rings. The standard InChI is InChI=1S/C21H25N5O4S/c1-21(2,22)12-23-14-5-8-16(9-6-14)31(28,29)30-15-7-10-17-18(11-15)25-20(24-17)26-19(27)13-3-4-13/h5-11,13,23H,3-4,12,22H2,1-2H3,(H2,24,25,26,27). The molecule has 164 valence electrons. The predicted molar refractivity (Wildman–Crippen MR) is 118 cm³/mol. The zero-order valence-corrected chi connectivity index (χ0v) is 18.1. The van der Waals surface area contributed by atoms with Crippen molar-refractivity contribution in [3.63, 3.8) is 0 Å². The largest absolute Gasteiger partial charge is 0.383 e. The second-order valence-electron chi connectivity index (χ2n) is 8.43. The van der Waals surface area contributed by atoms with Gasteiger partial charge in [-0.2, -0.15) is 8.42 Å². The summed E-state index contributed by atoms with van der Waals surface area (Å²) < 4.78 is 30.6. The molecule has 2 aromatic carbocycles. The number of benzene rings is 2. The summed E-state index contributed by atoms with van der Waals surface area (Å²) in [5, 5.41) is 5.89. The van der Waals surface area contributed by atoms with Gasteiger partial charge in [0.1, 0.15) is 10.6 Å². The van der Waals surface area contributed by atoms with Gasteiger partial charge in [-0.3, -0.25) is 10.1 Å². The molecule has 1 aliphatic carbocycles. The third-order valence-electron chi connectivity index (χ3n) is 4.74. The Hall–Kier alpha value is -3.11. The molecule has 1 aliphatic rings. The van der Waals surface area contributed by atoms with Gasteiger partial charge < -0.3 is 20.2 Å².